The number of para-hydroxylation sites is 1. The fourth-order valence-electron chi connectivity index (χ4n) is 1.67. The van der Waals surface area contributed by atoms with Crippen LogP contribution in [0.5, 0.6) is 5.75 Å². The summed E-state index contributed by atoms with van der Waals surface area (Å²) in [6, 6.07) is 14.3. The van der Waals surface area contributed by atoms with E-state index in [4.69, 9.17) is 4.74 Å². The lowest BCUT2D eigenvalue weighted by atomic mass is 10.2. The fourth-order valence-corrected chi connectivity index (χ4v) is 1.67. The highest BCUT2D eigenvalue weighted by molar-refractivity contribution is 5.94. The van der Waals surface area contributed by atoms with E-state index in [-0.39, 0.29) is 24.6 Å². The number of carbonyl (C=O) groups excluding carboxylic acids is 2. The SMILES string of the molecule is O=C(CCNC(=O)c1ccccc1)Oc1ccccc1F. The Bertz CT molecular complexity index is 628. The second-order valence-corrected chi connectivity index (χ2v) is 4.28. The van der Waals surface area contributed by atoms with Crippen LogP contribution in [0.1, 0.15) is 16.8 Å². The lowest BCUT2D eigenvalue weighted by Crippen LogP contribution is -2.27. The van der Waals surface area contributed by atoms with Crippen molar-refractivity contribution >= 4 is 11.9 Å². The molecule has 5 heteroatoms. The zero-order valence-electron chi connectivity index (χ0n) is 11.2. The second-order valence-electron chi connectivity index (χ2n) is 4.28. The van der Waals surface area contributed by atoms with Crippen molar-refractivity contribution in [3.8, 4) is 5.75 Å². The molecule has 1 amide bonds. The molecule has 2 rings (SSSR count). The number of halogens is 1. The number of amides is 1. The van der Waals surface area contributed by atoms with Crippen molar-refractivity contribution in [3.63, 3.8) is 0 Å². The summed E-state index contributed by atoms with van der Waals surface area (Å²) in [4.78, 5) is 23.3. The first-order valence-electron chi connectivity index (χ1n) is 6.45. The van der Waals surface area contributed by atoms with Crippen molar-refractivity contribution in [3.05, 3.63) is 66.0 Å². The normalized spacial score (nSPS) is 9.95. The van der Waals surface area contributed by atoms with Crippen LogP contribution in [0.3, 0.4) is 0 Å². The van der Waals surface area contributed by atoms with Crippen LogP contribution in [0.15, 0.2) is 54.6 Å². The molecule has 0 aromatic heterocycles. The number of hydrogen-bond donors (Lipinski definition) is 1. The molecule has 21 heavy (non-hydrogen) atoms. The Morgan fingerprint density at radius 2 is 1.67 bits per heavy atom. The maximum Gasteiger partial charge on any atom is 0.313 e. The highest BCUT2D eigenvalue weighted by atomic mass is 19.1. The van der Waals surface area contributed by atoms with Crippen LogP contribution in [0.25, 0.3) is 0 Å². The minimum atomic E-state index is -0.603. The Balaban J connectivity index is 1.77. The van der Waals surface area contributed by atoms with E-state index in [9.17, 15) is 14.0 Å². The van der Waals surface area contributed by atoms with E-state index in [1.54, 1.807) is 30.3 Å². The zero-order valence-corrected chi connectivity index (χ0v) is 11.2. The van der Waals surface area contributed by atoms with Crippen molar-refractivity contribution in [1.82, 2.24) is 5.32 Å². The molecule has 0 heterocycles. The molecular formula is C16H14FNO3. The Morgan fingerprint density at radius 1 is 1.00 bits per heavy atom. The molecule has 0 fully saturated rings. The number of ether oxygens (including phenoxy) is 1. The summed E-state index contributed by atoms with van der Waals surface area (Å²) in [5.41, 5.74) is 0.514. The molecule has 0 aliphatic carbocycles. The van der Waals surface area contributed by atoms with Crippen molar-refractivity contribution in [2.75, 3.05) is 6.54 Å². The second kappa shape index (κ2) is 7.19. The Hall–Kier alpha value is -2.69. The molecule has 0 bridgehead atoms. The predicted molar refractivity (Wildman–Crippen MR) is 75.4 cm³/mol. The first-order chi connectivity index (χ1) is 10.2. The highest BCUT2D eigenvalue weighted by Gasteiger charge is 2.10. The van der Waals surface area contributed by atoms with E-state index in [0.29, 0.717) is 5.56 Å². The first kappa shape index (κ1) is 14.7. The molecule has 0 radical (unpaired) electrons. The van der Waals surface area contributed by atoms with Gasteiger partial charge in [-0.3, -0.25) is 9.59 Å². The number of hydrogen-bond acceptors (Lipinski definition) is 3. The van der Waals surface area contributed by atoms with Gasteiger partial charge in [0.2, 0.25) is 0 Å². The minimum absolute atomic E-state index is 0.0348. The minimum Gasteiger partial charge on any atom is -0.423 e. The van der Waals surface area contributed by atoms with Gasteiger partial charge in [0.05, 0.1) is 6.42 Å². The lowest BCUT2D eigenvalue weighted by molar-refractivity contribution is -0.134. The number of benzene rings is 2. The standard InChI is InChI=1S/C16H14FNO3/c17-13-8-4-5-9-14(13)21-15(19)10-11-18-16(20)12-6-2-1-3-7-12/h1-9H,10-11H2,(H,18,20). The van der Waals surface area contributed by atoms with E-state index < -0.39 is 11.8 Å². The van der Waals surface area contributed by atoms with E-state index >= 15 is 0 Å². The van der Waals surface area contributed by atoms with E-state index in [2.05, 4.69) is 5.32 Å². The number of carbonyl (C=O) groups is 2. The summed E-state index contributed by atoms with van der Waals surface area (Å²) in [6.07, 6.45) is -0.0348. The van der Waals surface area contributed by atoms with E-state index in [1.807, 2.05) is 6.07 Å². The van der Waals surface area contributed by atoms with Crippen LogP contribution in [0.4, 0.5) is 4.39 Å². The monoisotopic (exact) mass is 287 g/mol. The fraction of sp³-hybridized carbons (Fsp3) is 0.125. The summed E-state index contributed by atoms with van der Waals surface area (Å²) < 4.78 is 18.1. The summed E-state index contributed by atoms with van der Waals surface area (Å²) in [6.45, 7) is 0.126. The van der Waals surface area contributed by atoms with Crippen molar-refractivity contribution < 1.29 is 18.7 Å². The zero-order chi connectivity index (χ0) is 15.1. The van der Waals surface area contributed by atoms with Gasteiger partial charge in [0.25, 0.3) is 5.91 Å². The quantitative estimate of drug-likeness (QED) is 0.679. The van der Waals surface area contributed by atoms with E-state index in [0.717, 1.165) is 0 Å². The van der Waals surface area contributed by atoms with Crippen LogP contribution in [-0.4, -0.2) is 18.4 Å². The number of nitrogens with one attached hydrogen (secondary N) is 1. The predicted octanol–water partition coefficient (Wildman–Crippen LogP) is 2.55. The van der Waals surface area contributed by atoms with Crippen LogP contribution >= 0.6 is 0 Å². The molecule has 0 aliphatic rings. The molecule has 0 atom stereocenters. The van der Waals surface area contributed by atoms with Crippen molar-refractivity contribution in [1.29, 1.82) is 0 Å². The summed E-state index contributed by atoms with van der Waals surface area (Å²) >= 11 is 0. The molecule has 0 spiro atoms. The topological polar surface area (TPSA) is 55.4 Å². The third-order valence-corrected chi connectivity index (χ3v) is 2.71. The lowest BCUT2D eigenvalue weighted by Gasteiger charge is -2.06. The summed E-state index contributed by atoms with van der Waals surface area (Å²) in [7, 11) is 0. The van der Waals surface area contributed by atoms with Crippen LogP contribution < -0.4 is 10.1 Å². The third kappa shape index (κ3) is 4.42. The van der Waals surface area contributed by atoms with Gasteiger partial charge in [0.15, 0.2) is 11.6 Å². The molecule has 4 nitrogen and oxygen atoms in total. The average molecular weight is 287 g/mol. The van der Waals surface area contributed by atoms with Gasteiger partial charge in [-0.2, -0.15) is 0 Å². The summed E-state index contributed by atoms with van der Waals surface area (Å²) in [5.74, 6) is -1.58. The van der Waals surface area contributed by atoms with Gasteiger partial charge in [0, 0.05) is 12.1 Å². The van der Waals surface area contributed by atoms with E-state index in [1.165, 1.54) is 18.2 Å². The number of rotatable bonds is 5. The van der Waals surface area contributed by atoms with Crippen LogP contribution in [0.2, 0.25) is 0 Å². The van der Waals surface area contributed by atoms with Crippen molar-refractivity contribution in [2.24, 2.45) is 0 Å². The largest absolute Gasteiger partial charge is 0.423 e. The van der Waals surface area contributed by atoms with Gasteiger partial charge >= 0.3 is 5.97 Å². The molecule has 0 saturated heterocycles. The molecule has 0 aliphatic heterocycles. The molecule has 2 aromatic rings. The maximum atomic E-state index is 13.3. The molecule has 108 valence electrons. The molecule has 1 N–H and O–H groups in total. The Kier molecular flexibility index (Phi) is 5.04. The molecule has 0 saturated carbocycles. The van der Waals surface area contributed by atoms with Gasteiger partial charge < -0.3 is 10.1 Å². The van der Waals surface area contributed by atoms with Gasteiger partial charge in [-0.15, -0.1) is 0 Å². The average Bonchev–Trinajstić information content (AvgIpc) is 2.50. The molecule has 0 unspecified atom stereocenters. The summed E-state index contributed by atoms with van der Waals surface area (Å²) in [5, 5.41) is 2.60. The highest BCUT2D eigenvalue weighted by Crippen LogP contribution is 2.15. The van der Waals surface area contributed by atoms with Crippen LogP contribution in [-0.2, 0) is 4.79 Å². The van der Waals surface area contributed by atoms with Gasteiger partial charge in [0.1, 0.15) is 0 Å². The maximum absolute atomic E-state index is 13.3. The van der Waals surface area contributed by atoms with Gasteiger partial charge in [-0.05, 0) is 24.3 Å². The molecule has 2 aromatic carbocycles. The van der Waals surface area contributed by atoms with Gasteiger partial charge in [-0.25, -0.2) is 4.39 Å². The Labute approximate surface area is 121 Å². The number of esters is 1. The smallest absolute Gasteiger partial charge is 0.313 e. The van der Waals surface area contributed by atoms with Gasteiger partial charge in [-0.1, -0.05) is 30.3 Å². The first-order valence-corrected chi connectivity index (χ1v) is 6.45. The van der Waals surface area contributed by atoms with Crippen molar-refractivity contribution in [2.45, 2.75) is 6.42 Å². The molecular weight excluding hydrogens is 273 g/mol. The van der Waals surface area contributed by atoms with Crippen LogP contribution in [0, 0.1) is 5.82 Å². The Morgan fingerprint density at radius 3 is 2.38 bits per heavy atom. The third-order valence-electron chi connectivity index (χ3n) is 2.71.